The molecule has 0 saturated carbocycles. The largest absolute Gasteiger partial charge is 0.382 e. The van der Waals surface area contributed by atoms with Crippen LogP contribution in [0.2, 0.25) is 0 Å². The molecule has 0 aromatic carbocycles. The van der Waals surface area contributed by atoms with E-state index in [2.05, 4.69) is 17.2 Å². The van der Waals surface area contributed by atoms with Gasteiger partial charge < -0.3 is 4.74 Å². The van der Waals surface area contributed by atoms with Gasteiger partial charge >= 0.3 is 0 Å². The van der Waals surface area contributed by atoms with Crippen LogP contribution in [0.15, 0.2) is 12.4 Å². The normalized spacial score (nSPS) is 11.7. The lowest BCUT2D eigenvalue weighted by Crippen LogP contribution is -2.15. The third-order valence-corrected chi connectivity index (χ3v) is 1.80. The number of hydrogen-bond donors (Lipinski definition) is 0. The highest BCUT2D eigenvalue weighted by molar-refractivity contribution is 4.71. The van der Waals surface area contributed by atoms with Gasteiger partial charge in [-0.1, -0.05) is 32.4 Å². The van der Waals surface area contributed by atoms with Crippen LogP contribution in [-0.2, 0) is 4.74 Å². The van der Waals surface area contributed by atoms with Crippen LogP contribution in [0.1, 0.15) is 39.7 Å². The minimum absolute atomic E-state index is 0.336. The van der Waals surface area contributed by atoms with E-state index in [1.54, 1.807) is 13.3 Å². The van der Waals surface area contributed by atoms with Crippen LogP contribution in [0.3, 0.4) is 0 Å². The van der Waals surface area contributed by atoms with Crippen molar-refractivity contribution in [3.8, 4) is 0 Å². The molecule has 0 spiro atoms. The second-order valence-corrected chi connectivity index (χ2v) is 2.78. The van der Waals surface area contributed by atoms with Crippen molar-refractivity contribution in [1.29, 1.82) is 0 Å². The number of ether oxygens (including phenoxy) is 1. The zero-order valence-corrected chi connectivity index (χ0v) is 9.60. The minimum Gasteiger partial charge on any atom is -0.382 e. The minimum atomic E-state index is 0.336. The summed E-state index contributed by atoms with van der Waals surface area (Å²) in [7, 11) is 1.71. The standard InChI is InChI=1S/C8H15N3O.C2H6/c1-3-4-8(7-12-2)11-6-5-9-10-11;1-2/h5-6,8H,3-4,7H2,1-2H3;1-2H3/t8-;/m0./s1. The number of nitrogens with zero attached hydrogens (tertiary/aromatic N) is 3. The van der Waals surface area contributed by atoms with Crippen molar-refractivity contribution >= 4 is 0 Å². The van der Waals surface area contributed by atoms with Crippen LogP contribution >= 0.6 is 0 Å². The fourth-order valence-electron chi connectivity index (χ4n) is 1.23. The SMILES string of the molecule is CC.CCC[C@@H](COC)n1ccnn1. The predicted molar refractivity (Wildman–Crippen MR) is 57.2 cm³/mol. The molecule has 1 heterocycles. The Morgan fingerprint density at radius 2 is 2.14 bits per heavy atom. The lowest BCUT2D eigenvalue weighted by molar-refractivity contribution is 0.143. The van der Waals surface area contributed by atoms with Crippen LogP contribution in [0.4, 0.5) is 0 Å². The first-order chi connectivity index (χ1) is 6.88. The molecule has 1 atom stereocenters. The topological polar surface area (TPSA) is 39.9 Å². The molecule has 0 aliphatic rings. The van der Waals surface area contributed by atoms with Crippen LogP contribution in [0.5, 0.6) is 0 Å². The van der Waals surface area contributed by atoms with E-state index in [0.717, 1.165) is 12.8 Å². The van der Waals surface area contributed by atoms with Crippen molar-refractivity contribution in [2.75, 3.05) is 13.7 Å². The molecule has 0 aliphatic heterocycles. The Balaban J connectivity index is 0.000000791. The predicted octanol–water partition coefficient (Wildman–Crippen LogP) is 2.29. The maximum absolute atomic E-state index is 5.09. The van der Waals surface area contributed by atoms with E-state index < -0.39 is 0 Å². The van der Waals surface area contributed by atoms with E-state index in [-0.39, 0.29) is 0 Å². The van der Waals surface area contributed by atoms with Crippen LogP contribution < -0.4 is 0 Å². The van der Waals surface area contributed by atoms with Gasteiger partial charge in [0.05, 0.1) is 18.8 Å². The number of rotatable bonds is 5. The summed E-state index contributed by atoms with van der Waals surface area (Å²) in [6, 6.07) is 0.336. The van der Waals surface area contributed by atoms with Gasteiger partial charge in [-0.3, -0.25) is 0 Å². The Morgan fingerprint density at radius 3 is 2.57 bits per heavy atom. The summed E-state index contributed by atoms with van der Waals surface area (Å²) in [5, 5.41) is 7.71. The Bertz CT molecular complexity index is 193. The van der Waals surface area contributed by atoms with Crippen LogP contribution in [0.25, 0.3) is 0 Å². The van der Waals surface area contributed by atoms with Gasteiger partial charge in [0.15, 0.2) is 0 Å². The quantitative estimate of drug-likeness (QED) is 0.730. The molecule has 0 fully saturated rings. The average Bonchev–Trinajstić information content (AvgIpc) is 2.73. The molecule has 0 bridgehead atoms. The molecule has 4 nitrogen and oxygen atoms in total. The van der Waals surface area contributed by atoms with Gasteiger partial charge in [-0.25, -0.2) is 4.68 Å². The summed E-state index contributed by atoms with van der Waals surface area (Å²) in [4.78, 5) is 0. The van der Waals surface area contributed by atoms with Crippen molar-refractivity contribution < 1.29 is 4.74 Å². The maximum Gasteiger partial charge on any atom is 0.0770 e. The van der Waals surface area contributed by atoms with Gasteiger partial charge in [0.2, 0.25) is 0 Å². The Hall–Kier alpha value is -0.900. The number of aromatic nitrogens is 3. The molecule has 0 N–H and O–H groups in total. The highest BCUT2D eigenvalue weighted by atomic mass is 16.5. The van der Waals surface area contributed by atoms with Crippen molar-refractivity contribution in [2.24, 2.45) is 0 Å². The van der Waals surface area contributed by atoms with Crippen molar-refractivity contribution in [3.05, 3.63) is 12.4 Å². The molecule has 14 heavy (non-hydrogen) atoms. The monoisotopic (exact) mass is 199 g/mol. The maximum atomic E-state index is 5.09. The fourth-order valence-corrected chi connectivity index (χ4v) is 1.23. The van der Waals surface area contributed by atoms with Gasteiger partial charge in [0.1, 0.15) is 0 Å². The molecule has 0 saturated heterocycles. The zero-order chi connectivity index (χ0) is 10.8. The summed E-state index contributed by atoms with van der Waals surface area (Å²) in [5.41, 5.74) is 0. The lowest BCUT2D eigenvalue weighted by Gasteiger charge is -2.14. The third-order valence-electron chi connectivity index (χ3n) is 1.80. The summed E-state index contributed by atoms with van der Waals surface area (Å²) in [6.07, 6.45) is 5.78. The number of methoxy groups -OCH3 is 1. The second-order valence-electron chi connectivity index (χ2n) is 2.78. The molecule has 1 aromatic rings. The van der Waals surface area contributed by atoms with E-state index in [4.69, 9.17) is 4.74 Å². The van der Waals surface area contributed by atoms with Crippen molar-refractivity contribution in [2.45, 2.75) is 39.7 Å². The second kappa shape index (κ2) is 8.69. The smallest absolute Gasteiger partial charge is 0.0770 e. The molecule has 0 unspecified atom stereocenters. The molecule has 82 valence electrons. The first-order valence-electron chi connectivity index (χ1n) is 5.23. The zero-order valence-electron chi connectivity index (χ0n) is 9.60. The first-order valence-corrected chi connectivity index (χ1v) is 5.23. The fraction of sp³-hybridized carbons (Fsp3) is 0.800. The average molecular weight is 199 g/mol. The van der Waals surface area contributed by atoms with E-state index in [0.29, 0.717) is 12.6 Å². The molecule has 0 aliphatic carbocycles. The van der Waals surface area contributed by atoms with Gasteiger partial charge in [-0.05, 0) is 6.42 Å². The van der Waals surface area contributed by atoms with Gasteiger partial charge in [0, 0.05) is 13.3 Å². The Kier molecular flexibility index (Phi) is 8.13. The first kappa shape index (κ1) is 13.1. The molecule has 4 heteroatoms. The summed E-state index contributed by atoms with van der Waals surface area (Å²) < 4.78 is 6.95. The Labute approximate surface area is 86.3 Å². The number of hydrogen-bond acceptors (Lipinski definition) is 3. The van der Waals surface area contributed by atoms with Crippen LogP contribution in [0, 0.1) is 0 Å². The van der Waals surface area contributed by atoms with E-state index in [1.165, 1.54) is 0 Å². The summed E-state index contributed by atoms with van der Waals surface area (Å²) in [6.45, 7) is 6.86. The summed E-state index contributed by atoms with van der Waals surface area (Å²) in [5.74, 6) is 0. The summed E-state index contributed by atoms with van der Waals surface area (Å²) >= 11 is 0. The third kappa shape index (κ3) is 4.37. The molecular weight excluding hydrogens is 178 g/mol. The van der Waals surface area contributed by atoms with E-state index in [1.807, 2.05) is 24.7 Å². The highest BCUT2D eigenvalue weighted by Crippen LogP contribution is 2.11. The molecular formula is C10H21N3O. The van der Waals surface area contributed by atoms with E-state index >= 15 is 0 Å². The van der Waals surface area contributed by atoms with Crippen molar-refractivity contribution in [3.63, 3.8) is 0 Å². The van der Waals surface area contributed by atoms with Gasteiger partial charge in [-0.2, -0.15) is 0 Å². The lowest BCUT2D eigenvalue weighted by atomic mass is 10.2. The molecule has 0 radical (unpaired) electrons. The van der Waals surface area contributed by atoms with Gasteiger partial charge in [0.25, 0.3) is 0 Å². The van der Waals surface area contributed by atoms with E-state index in [9.17, 15) is 0 Å². The van der Waals surface area contributed by atoms with Gasteiger partial charge in [-0.15, -0.1) is 5.10 Å². The van der Waals surface area contributed by atoms with Crippen LogP contribution in [-0.4, -0.2) is 28.7 Å². The molecule has 1 aromatic heterocycles. The van der Waals surface area contributed by atoms with Crippen molar-refractivity contribution in [1.82, 2.24) is 15.0 Å². The highest BCUT2D eigenvalue weighted by Gasteiger charge is 2.09. The molecule has 0 amide bonds. The molecule has 1 rings (SSSR count). The Morgan fingerprint density at radius 1 is 1.43 bits per heavy atom.